The fourth-order valence-electron chi connectivity index (χ4n) is 3.45. The van der Waals surface area contributed by atoms with Gasteiger partial charge in [-0.15, -0.1) is 12.8 Å². The molecule has 3 rings (SSSR count). The van der Waals surface area contributed by atoms with Crippen molar-refractivity contribution in [3.05, 3.63) is 53.7 Å². The largest absolute Gasteiger partial charge is 0.452 e. The van der Waals surface area contributed by atoms with Crippen molar-refractivity contribution in [3.8, 4) is 41.6 Å². The zero-order valence-corrected chi connectivity index (χ0v) is 18.3. The van der Waals surface area contributed by atoms with Crippen LogP contribution in [0.1, 0.15) is 24.8 Å². The summed E-state index contributed by atoms with van der Waals surface area (Å²) in [4.78, 5) is 40.7. The van der Waals surface area contributed by atoms with Gasteiger partial charge in [0.15, 0.2) is 13.2 Å². The van der Waals surface area contributed by atoms with Crippen LogP contribution in [0.2, 0.25) is 0 Å². The number of nitrogens with two attached hydrogens (primary N) is 1. The molecular weight excluding hydrogens is 438 g/mol. The fourth-order valence-corrected chi connectivity index (χ4v) is 3.45. The summed E-state index contributed by atoms with van der Waals surface area (Å²) in [5.41, 5.74) is 8.35. The van der Waals surface area contributed by atoms with Gasteiger partial charge in [0.2, 0.25) is 11.8 Å². The number of terminal acetylenes is 2. The Bertz CT molecular complexity index is 1250. The highest BCUT2D eigenvalue weighted by Crippen LogP contribution is 2.42. The van der Waals surface area contributed by atoms with E-state index in [1.165, 1.54) is 13.1 Å². The molecule has 1 amide bonds. The van der Waals surface area contributed by atoms with Crippen molar-refractivity contribution in [2.75, 3.05) is 18.5 Å². The number of esters is 2. The Morgan fingerprint density at radius 3 is 2.56 bits per heavy atom. The molecule has 0 bridgehead atoms. The molecule has 0 saturated carbocycles. The highest BCUT2D eigenvalue weighted by molar-refractivity contribution is 5.93. The van der Waals surface area contributed by atoms with Crippen LogP contribution in [-0.4, -0.2) is 36.0 Å². The third kappa shape index (κ3) is 5.53. The summed E-state index contributed by atoms with van der Waals surface area (Å²) in [6.07, 6.45) is 13.2. The van der Waals surface area contributed by atoms with Crippen molar-refractivity contribution >= 4 is 23.5 Å². The maximum Gasteiger partial charge on any atom is 0.341 e. The molecule has 2 aromatic rings. The summed E-state index contributed by atoms with van der Waals surface area (Å²) in [7, 11) is 0. The molecule has 0 fully saturated rings. The van der Waals surface area contributed by atoms with Crippen LogP contribution in [0.4, 0.5) is 5.69 Å². The van der Waals surface area contributed by atoms with Crippen LogP contribution < -0.4 is 15.8 Å². The van der Waals surface area contributed by atoms with Crippen LogP contribution in [0.15, 0.2) is 48.1 Å². The minimum Gasteiger partial charge on any atom is -0.452 e. The third-order valence-electron chi connectivity index (χ3n) is 4.80. The van der Waals surface area contributed by atoms with Crippen LogP contribution in [-0.2, 0) is 23.9 Å². The van der Waals surface area contributed by atoms with Gasteiger partial charge in [-0.25, -0.2) is 4.79 Å². The lowest BCUT2D eigenvalue weighted by atomic mass is 9.84. The van der Waals surface area contributed by atoms with Crippen LogP contribution >= 0.6 is 0 Å². The molecular formula is C25H21N3O6. The average Bonchev–Trinajstić information content (AvgIpc) is 2.80. The number of hydrogen-bond donors (Lipinski definition) is 2. The monoisotopic (exact) mass is 459 g/mol. The van der Waals surface area contributed by atoms with Gasteiger partial charge in [-0.2, -0.15) is 0 Å². The number of nitrogens with one attached hydrogen (secondary N) is 1. The predicted octanol–water partition coefficient (Wildman–Crippen LogP) is 2.10. The molecule has 0 saturated heterocycles. The van der Waals surface area contributed by atoms with E-state index in [-0.39, 0.29) is 37.0 Å². The van der Waals surface area contributed by atoms with Gasteiger partial charge in [0.05, 0.1) is 18.3 Å². The quantitative estimate of drug-likeness (QED) is 0.476. The Labute approximate surface area is 196 Å². The zero-order valence-electron chi connectivity index (χ0n) is 18.3. The molecule has 9 heteroatoms. The molecule has 0 radical (unpaired) electrons. The van der Waals surface area contributed by atoms with Gasteiger partial charge >= 0.3 is 11.9 Å². The van der Waals surface area contributed by atoms with E-state index in [4.69, 9.17) is 32.8 Å². The van der Waals surface area contributed by atoms with Crippen molar-refractivity contribution in [2.45, 2.75) is 19.3 Å². The number of aromatic nitrogens is 1. The molecule has 172 valence electrons. The Morgan fingerprint density at radius 2 is 1.85 bits per heavy atom. The number of carbonyl (C=O) groups excluding carboxylic acids is 3. The maximum absolute atomic E-state index is 12.7. The first-order valence-corrected chi connectivity index (χ1v) is 10.1. The molecule has 9 nitrogen and oxygen atoms in total. The molecule has 1 atom stereocenters. The van der Waals surface area contributed by atoms with Crippen LogP contribution in [0.25, 0.3) is 11.1 Å². The second-order valence-corrected chi connectivity index (χ2v) is 7.18. The Balaban J connectivity index is 2.04. The summed E-state index contributed by atoms with van der Waals surface area (Å²) in [5.74, 6) is 2.06. The van der Waals surface area contributed by atoms with Crippen molar-refractivity contribution in [2.24, 2.45) is 5.73 Å². The van der Waals surface area contributed by atoms with Crippen LogP contribution in [0, 0.1) is 24.7 Å². The van der Waals surface area contributed by atoms with E-state index in [1.54, 1.807) is 30.5 Å². The molecule has 1 aliphatic rings. The summed E-state index contributed by atoms with van der Waals surface area (Å²) < 4.78 is 15.7. The van der Waals surface area contributed by atoms with Crippen molar-refractivity contribution in [1.82, 2.24) is 4.98 Å². The zero-order chi connectivity index (χ0) is 24.7. The lowest BCUT2D eigenvalue weighted by molar-refractivity contribution is -0.142. The lowest BCUT2D eigenvalue weighted by Gasteiger charge is -2.28. The summed E-state index contributed by atoms with van der Waals surface area (Å²) in [6, 6.07) is 6.90. The number of hydrogen-bond acceptors (Lipinski definition) is 8. The Morgan fingerprint density at radius 1 is 1.12 bits per heavy atom. The van der Waals surface area contributed by atoms with Gasteiger partial charge in [0, 0.05) is 30.2 Å². The molecule has 2 heterocycles. The molecule has 34 heavy (non-hydrogen) atoms. The SMILES string of the molecule is C#CCOC(=O)CC1C(C(=O)OCC#C)=C(N)Oc2ccc(-c3cncc(NC(C)=O)c3)cc21. The Kier molecular flexibility index (Phi) is 7.52. The van der Waals surface area contributed by atoms with E-state index in [9.17, 15) is 14.4 Å². The number of amides is 1. The highest BCUT2D eigenvalue weighted by Gasteiger charge is 2.36. The summed E-state index contributed by atoms with van der Waals surface area (Å²) >= 11 is 0. The number of pyridine rings is 1. The normalized spacial score (nSPS) is 14.0. The third-order valence-corrected chi connectivity index (χ3v) is 4.80. The maximum atomic E-state index is 12.7. The summed E-state index contributed by atoms with van der Waals surface area (Å²) in [5, 5.41) is 2.67. The molecule has 1 unspecified atom stereocenters. The van der Waals surface area contributed by atoms with E-state index < -0.39 is 17.9 Å². The van der Waals surface area contributed by atoms with Crippen molar-refractivity contribution in [3.63, 3.8) is 0 Å². The number of rotatable bonds is 7. The highest BCUT2D eigenvalue weighted by atomic mass is 16.5. The lowest BCUT2D eigenvalue weighted by Crippen LogP contribution is -2.28. The smallest absolute Gasteiger partial charge is 0.341 e. The number of benzene rings is 1. The van der Waals surface area contributed by atoms with E-state index in [0.29, 0.717) is 28.1 Å². The van der Waals surface area contributed by atoms with Crippen LogP contribution in [0.5, 0.6) is 5.75 Å². The summed E-state index contributed by atoms with van der Waals surface area (Å²) in [6.45, 7) is 0.898. The van der Waals surface area contributed by atoms with E-state index in [0.717, 1.165) is 0 Å². The number of anilines is 1. The van der Waals surface area contributed by atoms with E-state index in [2.05, 4.69) is 22.1 Å². The van der Waals surface area contributed by atoms with Crippen molar-refractivity contribution < 1.29 is 28.6 Å². The van der Waals surface area contributed by atoms with Crippen LogP contribution in [0.3, 0.4) is 0 Å². The minimum atomic E-state index is -0.842. The second kappa shape index (κ2) is 10.7. The van der Waals surface area contributed by atoms with Gasteiger partial charge in [-0.3, -0.25) is 14.6 Å². The average molecular weight is 459 g/mol. The van der Waals surface area contributed by atoms with Gasteiger partial charge in [0.1, 0.15) is 11.3 Å². The van der Waals surface area contributed by atoms with Crippen molar-refractivity contribution in [1.29, 1.82) is 0 Å². The van der Waals surface area contributed by atoms with E-state index in [1.807, 2.05) is 0 Å². The second-order valence-electron chi connectivity index (χ2n) is 7.18. The predicted molar refractivity (Wildman–Crippen MR) is 123 cm³/mol. The number of ether oxygens (including phenoxy) is 3. The molecule has 1 aromatic heterocycles. The Hall–Kier alpha value is -4.76. The first-order valence-electron chi connectivity index (χ1n) is 10.1. The minimum absolute atomic E-state index is 0.0531. The first kappa shape index (κ1) is 23.9. The van der Waals surface area contributed by atoms with Gasteiger partial charge in [-0.1, -0.05) is 17.9 Å². The molecule has 0 aliphatic carbocycles. The molecule has 3 N–H and O–H groups in total. The molecule has 1 aromatic carbocycles. The molecule has 1 aliphatic heterocycles. The van der Waals surface area contributed by atoms with Gasteiger partial charge in [-0.05, 0) is 23.8 Å². The fraction of sp³-hybridized carbons (Fsp3) is 0.200. The standard InChI is InChI=1S/C25H21N3O6/c1-4-8-32-22(30)12-20-19-11-16(17-10-18(14-27-13-17)28-15(3)29)6-7-21(19)34-24(26)23(20)25(31)33-9-5-2/h1-2,6-7,10-11,13-14,20H,8-9,12,26H2,3H3,(H,28,29). The van der Waals surface area contributed by atoms with Gasteiger partial charge < -0.3 is 25.3 Å². The number of fused-ring (bicyclic) bond motifs is 1. The number of nitrogens with zero attached hydrogens (tertiary/aromatic N) is 1. The first-order chi connectivity index (χ1) is 16.3. The molecule has 0 spiro atoms. The topological polar surface area (TPSA) is 130 Å². The van der Waals surface area contributed by atoms with E-state index >= 15 is 0 Å². The number of carbonyl (C=O) groups is 3. The van der Waals surface area contributed by atoms with Gasteiger partial charge in [0.25, 0.3) is 0 Å².